The van der Waals surface area contributed by atoms with Gasteiger partial charge >= 0.3 is 5.51 Å². The van der Waals surface area contributed by atoms with Gasteiger partial charge in [0, 0.05) is 11.3 Å². The van der Waals surface area contributed by atoms with Crippen molar-refractivity contribution in [3.05, 3.63) is 23.8 Å². The molecule has 1 aliphatic rings. The number of amides is 2. The van der Waals surface area contributed by atoms with Gasteiger partial charge < -0.3 is 10.6 Å². The fourth-order valence-electron chi connectivity index (χ4n) is 1.97. The SMILES string of the molecule is Cc1ccc(NC(=O)[C@@H]2CCC(=O)N2)c(SC(F)(F)F)c1. The number of anilines is 1. The van der Waals surface area contributed by atoms with Crippen molar-refractivity contribution in [1.82, 2.24) is 5.32 Å². The van der Waals surface area contributed by atoms with E-state index >= 15 is 0 Å². The normalized spacial score (nSPS) is 18.5. The molecule has 1 aromatic rings. The largest absolute Gasteiger partial charge is 0.446 e. The van der Waals surface area contributed by atoms with E-state index in [4.69, 9.17) is 0 Å². The van der Waals surface area contributed by atoms with Gasteiger partial charge in [0.1, 0.15) is 6.04 Å². The first-order chi connectivity index (χ1) is 9.74. The number of hydrogen-bond donors (Lipinski definition) is 2. The number of aryl methyl sites for hydroxylation is 1. The Labute approximate surface area is 123 Å². The molecule has 2 N–H and O–H groups in total. The summed E-state index contributed by atoms with van der Waals surface area (Å²) in [4.78, 5) is 22.9. The Kier molecular flexibility index (Phi) is 4.46. The number of alkyl halides is 3. The summed E-state index contributed by atoms with van der Waals surface area (Å²) in [6, 6.07) is 3.71. The van der Waals surface area contributed by atoms with E-state index in [1.807, 2.05) is 0 Å². The Morgan fingerprint density at radius 1 is 1.43 bits per heavy atom. The van der Waals surface area contributed by atoms with Crippen LogP contribution in [-0.2, 0) is 9.59 Å². The van der Waals surface area contributed by atoms with Crippen molar-refractivity contribution in [3.8, 4) is 0 Å². The molecule has 1 atom stereocenters. The highest BCUT2D eigenvalue weighted by Gasteiger charge is 2.32. The first-order valence-electron chi connectivity index (χ1n) is 6.21. The van der Waals surface area contributed by atoms with Crippen molar-refractivity contribution in [3.63, 3.8) is 0 Å². The second kappa shape index (κ2) is 5.97. The molecular formula is C13H13F3N2O2S. The summed E-state index contributed by atoms with van der Waals surface area (Å²) < 4.78 is 37.6. The summed E-state index contributed by atoms with van der Waals surface area (Å²) >= 11 is -0.275. The zero-order chi connectivity index (χ0) is 15.6. The van der Waals surface area contributed by atoms with E-state index in [-0.39, 0.29) is 34.7 Å². The van der Waals surface area contributed by atoms with Crippen LogP contribution in [0.3, 0.4) is 0 Å². The monoisotopic (exact) mass is 318 g/mol. The van der Waals surface area contributed by atoms with Gasteiger partial charge in [0.15, 0.2) is 0 Å². The second-order valence-electron chi connectivity index (χ2n) is 4.70. The van der Waals surface area contributed by atoms with Crippen LogP contribution in [-0.4, -0.2) is 23.4 Å². The van der Waals surface area contributed by atoms with Crippen LogP contribution in [0.25, 0.3) is 0 Å². The molecule has 4 nitrogen and oxygen atoms in total. The van der Waals surface area contributed by atoms with Crippen LogP contribution in [0.15, 0.2) is 23.1 Å². The lowest BCUT2D eigenvalue weighted by Gasteiger charge is -2.15. The Bertz CT molecular complexity index is 575. The molecule has 114 valence electrons. The molecule has 0 saturated carbocycles. The highest BCUT2D eigenvalue weighted by molar-refractivity contribution is 8.00. The first kappa shape index (κ1) is 15.7. The van der Waals surface area contributed by atoms with Crippen LogP contribution in [0.4, 0.5) is 18.9 Å². The third kappa shape index (κ3) is 4.38. The maximum Gasteiger partial charge on any atom is 0.446 e. The summed E-state index contributed by atoms with van der Waals surface area (Å²) in [6.07, 6.45) is 0.592. The number of carbonyl (C=O) groups excluding carboxylic acids is 2. The molecule has 0 radical (unpaired) electrons. The lowest BCUT2D eigenvalue weighted by Crippen LogP contribution is -2.37. The number of benzene rings is 1. The van der Waals surface area contributed by atoms with Gasteiger partial charge in [-0.3, -0.25) is 9.59 Å². The number of halogens is 3. The fraction of sp³-hybridized carbons (Fsp3) is 0.385. The maximum absolute atomic E-state index is 12.5. The fourth-order valence-corrected chi connectivity index (χ4v) is 2.70. The van der Waals surface area contributed by atoms with E-state index in [0.29, 0.717) is 12.0 Å². The molecule has 1 saturated heterocycles. The first-order valence-corrected chi connectivity index (χ1v) is 7.03. The summed E-state index contributed by atoms with van der Waals surface area (Å²) in [7, 11) is 0. The molecule has 2 amide bonds. The van der Waals surface area contributed by atoms with Gasteiger partial charge in [-0.1, -0.05) is 6.07 Å². The maximum atomic E-state index is 12.5. The average Bonchev–Trinajstić information content (AvgIpc) is 2.77. The van der Waals surface area contributed by atoms with Gasteiger partial charge in [-0.25, -0.2) is 0 Å². The Morgan fingerprint density at radius 3 is 2.71 bits per heavy atom. The molecular weight excluding hydrogens is 305 g/mol. The van der Waals surface area contributed by atoms with E-state index in [1.54, 1.807) is 13.0 Å². The van der Waals surface area contributed by atoms with Crippen LogP contribution in [0.5, 0.6) is 0 Å². The quantitative estimate of drug-likeness (QED) is 0.843. The molecule has 2 rings (SSSR count). The van der Waals surface area contributed by atoms with E-state index in [0.717, 1.165) is 0 Å². The molecule has 0 bridgehead atoms. The van der Waals surface area contributed by atoms with Gasteiger partial charge in [0.05, 0.1) is 5.69 Å². The lowest BCUT2D eigenvalue weighted by molar-refractivity contribution is -0.122. The number of hydrogen-bond acceptors (Lipinski definition) is 3. The zero-order valence-electron chi connectivity index (χ0n) is 11.1. The predicted molar refractivity (Wildman–Crippen MR) is 72.9 cm³/mol. The average molecular weight is 318 g/mol. The predicted octanol–water partition coefficient (Wildman–Crippen LogP) is 2.82. The molecule has 8 heteroatoms. The molecule has 1 aliphatic heterocycles. The highest BCUT2D eigenvalue weighted by atomic mass is 32.2. The van der Waals surface area contributed by atoms with Crippen molar-refractivity contribution in [2.24, 2.45) is 0 Å². The van der Waals surface area contributed by atoms with Crippen LogP contribution in [0.1, 0.15) is 18.4 Å². The van der Waals surface area contributed by atoms with Crippen molar-refractivity contribution >= 4 is 29.3 Å². The Hall–Kier alpha value is -1.70. The molecule has 0 spiro atoms. The van der Waals surface area contributed by atoms with Gasteiger partial charge in [0.2, 0.25) is 11.8 Å². The van der Waals surface area contributed by atoms with Gasteiger partial charge in [-0.15, -0.1) is 0 Å². The van der Waals surface area contributed by atoms with Crippen molar-refractivity contribution in [2.45, 2.75) is 36.2 Å². The summed E-state index contributed by atoms with van der Waals surface area (Å²) in [5.41, 5.74) is -3.68. The number of rotatable bonds is 3. The van der Waals surface area contributed by atoms with Gasteiger partial charge in [0.25, 0.3) is 0 Å². The molecule has 1 fully saturated rings. The highest BCUT2D eigenvalue weighted by Crippen LogP contribution is 2.40. The number of nitrogens with one attached hydrogen (secondary N) is 2. The van der Waals surface area contributed by atoms with E-state index in [2.05, 4.69) is 10.6 Å². The van der Waals surface area contributed by atoms with Gasteiger partial charge in [-0.2, -0.15) is 13.2 Å². The van der Waals surface area contributed by atoms with Crippen molar-refractivity contribution in [2.75, 3.05) is 5.32 Å². The number of carbonyl (C=O) groups is 2. The van der Waals surface area contributed by atoms with Crippen LogP contribution in [0, 0.1) is 6.92 Å². The van der Waals surface area contributed by atoms with Crippen molar-refractivity contribution < 1.29 is 22.8 Å². The third-order valence-electron chi connectivity index (χ3n) is 2.93. The standard InChI is InChI=1S/C13H13F3N2O2S/c1-7-2-3-8(10(6-7)21-13(14,15)16)18-12(20)9-4-5-11(19)17-9/h2-3,6,9H,4-5H2,1H3,(H,17,19)(H,18,20)/t9-/m0/s1. The molecule has 0 aromatic heterocycles. The minimum atomic E-state index is -4.44. The third-order valence-corrected chi connectivity index (χ3v) is 3.72. The van der Waals surface area contributed by atoms with E-state index < -0.39 is 17.5 Å². The van der Waals surface area contributed by atoms with E-state index in [9.17, 15) is 22.8 Å². The molecule has 0 aliphatic carbocycles. The van der Waals surface area contributed by atoms with Crippen LogP contribution < -0.4 is 10.6 Å². The Balaban J connectivity index is 2.15. The van der Waals surface area contributed by atoms with E-state index in [1.165, 1.54) is 12.1 Å². The molecule has 21 heavy (non-hydrogen) atoms. The van der Waals surface area contributed by atoms with Crippen molar-refractivity contribution in [1.29, 1.82) is 0 Å². The summed E-state index contributed by atoms with van der Waals surface area (Å²) in [6.45, 7) is 1.67. The van der Waals surface area contributed by atoms with Gasteiger partial charge in [-0.05, 0) is 42.8 Å². The van der Waals surface area contributed by atoms with Crippen LogP contribution >= 0.6 is 11.8 Å². The summed E-state index contributed by atoms with van der Waals surface area (Å²) in [5, 5.41) is 4.92. The second-order valence-corrected chi connectivity index (χ2v) is 5.80. The topological polar surface area (TPSA) is 58.2 Å². The lowest BCUT2D eigenvalue weighted by atomic mass is 10.2. The number of thioether (sulfide) groups is 1. The molecule has 1 heterocycles. The smallest absolute Gasteiger partial charge is 0.344 e. The zero-order valence-corrected chi connectivity index (χ0v) is 11.9. The molecule has 0 unspecified atom stereocenters. The minimum Gasteiger partial charge on any atom is -0.344 e. The van der Waals surface area contributed by atoms with Crippen LogP contribution in [0.2, 0.25) is 0 Å². The molecule has 1 aromatic carbocycles. The Morgan fingerprint density at radius 2 is 2.14 bits per heavy atom. The minimum absolute atomic E-state index is 0.0693. The summed E-state index contributed by atoms with van der Waals surface area (Å²) in [5.74, 6) is -0.738.